The quantitative estimate of drug-likeness (QED) is 0.0372. The molecule has 0 aliphatic carbocycles. The Balaban J connectivity index is 1.04. The largest absolute Gasteiger partial charge is 0.399 e. The summed E-state index contributed by atoms with van der Waals surface area (Å²) < 4.78 is 0. The summed E-state index contributed by atoms with van der Waals surface area (Å²) in [5, 5.41) is 0. The van der Waals surface area contributed by atoms with Gasteiger partial charge in [0, 0.05) is 23.2 Å². The second-order valence-corrected chi connectivity index (χ2v) is 18.7. The van der Waals surface area contributed by atoms with Gasteiger partial charge < -0.3 is 11.5 Å². The van der Waals surface area contributed by atoms with Crippen LogP contribution in [0.1, 0.15) is 237 Å². The minimum absolute atomic E-state index is 0.463. The number of rotatable bonds is 33. The third kappa shape index (κ3) is 18.6. The van der Waals surface area contributed by atoms with Crippen LogP contribution in [0.25, 0.3) is 0 Å². The molecule has 2 atom stereocenters. The first kappa shape index (κ1) is 49.1. The lowest BCUT2D eigenvalue weighted by Gasteiger charge is -2.21. The van der Waals surface area contributed by atoms with Crippen LogP contribution in [0.5, 0.6) is 0 Å². The summed E-state index contributed by atoms with van der Waals surface area (Å²) in [6.07, 6.45) is 37.5. The van der Waals surface area contributed by atoms with Gasteiger partial charge in [-0.2, -0.15) is 0 Å². The van der Waals surface area contributed by atoms with Crippen LogP contribution in [0, 0.1) is 13.8 Å². The Bertz CT molecular complexity index is 1560. The number of benzene rings is 4. The summed E-state index contributed by atoms with van der Waals surface area (Å²) in [7, 11) is 0. The minimum atomic E-state index is 0.463. The summed E-state index contributed by atoms with van der Waals surface area (Å²) in [4.78, 5) is 0. The number of nitrogen functional groups attached to an aromatic ring is 2. The normalized spacial score (nSPS) is 12.5. The first-order chi connectivity index (χ1) is 29.4. The van der Waals surface area contributed by atoms with Crippen molar-refractivity contribution in [3.63, 3.8) is 0 Å². The Kier molecular flexibility index (Phi) is 24.3. The van der Waals surface area contributed by atoms with Crippen molar-refractivity contribution in [2.75, 3.05) is 11.5 Å². The minimum Gasteiger partial charge on any atom is -0.399 e. The first-order valence-electron chi connectivity index (χ1n) is 25.3. The molecule has 4 N–H and O–H groups in total. The molecule has 0 amide bonds. The molecule has 0 radical (unpaired) electrons. The molecular weight excluding hydrogens is 725 g/mol. The van der Waals surface area contributed by atoms with Gasteiger partial charge in [-0.3, -0.25) is 0 Å². The molecule has 0 aromatic heterocycles. The third-order valence-electron chi connectivity index (χ3n) is 13.5. The Morgan fingerprint density at radius 1 is 0.350 bits per heavy atom. The van der Waals surface area contributed by atoms with E-state index < -0.39 is 0 Å². The van der Waals surface area contributed by atoms with Gasteiger partial charge in [0.25, 0.3) is 0 Å². The average molecular weight is 813 g/mol. The summed E-state index contributed by atoms with van der Waals surface area (Å²) in [5.74, 6) is 0.926. The second-order valence-electron chi connectivity index (χ2n) is 18.7. The molecule has 0 saturated carbocycles. The Labute approximate surface area is 370 Å². The van der Waals surface area contributed by atoms with E-state index >= 15 is 0 Å². The highest BCUT2D eigenvalue weighted by molar-refractivity contribution is 5.49. The Morgan fingerprint density at radius 3 is 0.967 bits per heavy atom. The van der Waals surface area contributed by atoms with E-state index in [9.17, 15) is 0 Å². The molecule has 0 aliphatic heterocycles. The van der Waals surface area contributed by atoms with Gasteiger partial charge in [0.05, 0.1) is 0 Å². The smallest absolute Gasteiger partial charge is 0.0316 e. The highest BCUT2D eigenvalue weighted by Crippen LogP contribution is 2.35. The van der Waals surface area contributed by atoms with Gasteiger partial charge in [-0.15, -0.1) is 0 Å². The monoisotopic (exact) mass is 813 g/mol. The maximum atomic E-state index is 6.13. The van der Waals surface area contributed by atoms with Crippen LogP contribution in [-0.2, 0) is 12.8 Å². The fourth-order valence-corrected chi connectivity index (χ4v) is 9.70. The molecule has 4 rings (SSSR count). The average Bonchev–Trinajstić information content (AvgIpc) is 3.25. The molecule has 0 bridgehead atoms. The highest BCUT2D eigenvalue weighted by Gasteiger charge is 2.18. The van der Waals surface area contributed by atoms with Crippen molar-refractivity contribution in [1.82, 2.24) is 0 Å². The maximum absolute atomic E-state index is 6.13. The van der Waals surface area contributed by atoms with Crippen LogP contribution < -0.4 is 11.5 Å². The zero-order valence-corrected chi connectivity index (χ0v) is 39.2. The number of hydrogen-bond acceptors (Lipinski definition) is 2. The fraction of sp³-hybridized carbons (Fsp3) is 0.586. The van der Waals surface area contributed by atoms with E-state index in [0.29, 0.717) is 11.8 Å². The zero-order chi connectivity index (χ0) is 42.6. The first-order valence-corrected chi connectivity index (χ1v) is 25.3. The molecule has 330 valence electrons. The number of unbranched alkanes of at least 4 members (excludes halogenated alkanes) is 21. The molecule has 4 aromatic rings. The van der Waals surface area contributed by atoms with E-state index in [4.69, 9.17) is 11.5 Å². The van der Waals surface area contributed by atoms with Crippen LogP contribution in [0.4, 0.5) is 11.4 Å². The molecular formula is C58H88N2. The highest BCUT2D eigenvalue weighted by atomic mass is 14.5. The van der Waals surface area contributed by atoms with Crippen molar-refractivity contribution >= 4 is 11.4 Å². The summed E-state index contributed by atoms with van der Waals surface area (Å²) >= 11 is 0. The van der Waals surface area contributed by atoms with E-state index in [1.807, 2.05) is 0 Å². The molecule has 4 aromatic carbocycles. The van der Waals surface area contributed by atoms with Crippen molar-refractivity contribution in [2.24, 2.45) is 0 Å². The molecule has 60 heavy (non-hydrogen) atoms. The lowest BCUT2D eigenvalue weighted by atomic mass is 9.84. The zero-order valence-electron chi connectivity index (χ0n) is 39.2. The summed E-state index contributed by atoms with van der Waals surface area (Å²) in [6.45, 7) is 9.06. The Morgan fingerprint density at radius 2 is 0.650 bits per heavy atom. The maximum Gasteiger partial charge on any atom is 0.0316 e. The third-order valence-corrected chi connectivity index (χ3v) is 13.5. The molecule has 0 saturated heterocycles. The van der Waals surface area contributed by atoms with E-state index in [2.05, 4.69) is 113 Å². The summed E-state index contributed by atoms with van der Waals surface area (Å²) in [5.41, 5.74) is 25.5. The molecule has 0 spiro atoms. The molecule has 0 aliphatic rings. The predicted octanol–water partition coefficient (Wildman–Crippen LogP) is 17.7. The summed E-state index contributed by atoms with van der Waals surface area (Å²) in [6, 6.07) is 32.3. The van der Waals surface area contributed by atoms with Crippen LogP contribution in [0.3, 0.4) is 0 Å². The van der Waals surface area contributed by atoms with E-state index in [0.717, 1.165) is 11.4 Å². The number of aryl methyl sites for hydroxylation is 4. The van der Waals surface area contributed by atoms with Gasteiger partial charge in [0.1, 0.15) is 0 Å². The Hall–Kier alpha value is -3.52. The van der Waals surface area contributed by atoms with Gasteiger partial charge in [0.2, 0.25) is 0 Å². The van der Waals surface area contributed by atoms with Crippen molar-refractivity contribution in [3.8, 4) is 0 Å². The predicted molar refractivity (Wildman–Crippen MR) is 267 cm³/mol. The van der Waals surface area contributed by atoms with Crippen LogP contribution in [0.15, 0.2) is 84.9 Å². The van der Waals surface area contributed by atoms with E-state index in [1.165, 1.54) is 224 Å². The van der Waals surface area contributed by atoms with Crippen molar-refractivity contribution in [3.05, 3.63) is 129 Å². The fourth-order valence-electron chi connectivity index (χ4n) is 9.70. The molecule has 2 heteroatoms. The van der Waals surface area contributed by atoms with Gasteiger partial charge in [-0.25, -0.2) is 0 Å². The molecule has 0 fully saturated rings. The van der Waals surface area contributed by atoms with Crippen molar-refractivity contribution < 1.29 is 0 Å². The van der Waals surface area contributed by atoms with Gasteiger partial charge in [-0.05, 0) is 121 Å². The topological polar surface area (TPSA) is 52.0 Å². The number of anilines is 2. The second kappa shape index (κ2) is 29.7. The molecule has 2 nitrogen and oxygen atoms in total. The van der Waals surface area contributed by atoms with Crippen molar-refractivity contribution in [1.29, 1.82) is 0 Å². The van der Waals surface area contributed by atoms with Crippen LogP contribution in [0.2, 0.25) is 0 Å². The number of nitrogens with two attached hydrogens (primary N) is 2. The number of hydrogen-bond donors (Lipinski definition) is 2. The van der Waals surface area contributed by atoms with Crippen LogP contribution in [-0.4, -0.2) is 0 Å². The van der Waals surface area contributed by atoms with E-state index in [1.54, 1.807) is 0 Å². The lowest BCUT2D eigenvalue weighted by Crippen LogP contribution is -2.05. The lowest BCUT2D eigenvalue weighted by molar-refractivity contribution is 0.540. The van der Waals surface area contributed by atoms with E-state index in [-0.39, 0.29) is 0 Å². The van der Waals surface area contributed by atoms with Crippen molar-refractivity contribution in [2.45, 2.75) is 219 Å². The van der Waals surface area contributed by atoms with Gasteiger partial charge in [0.15, 0.2) is 0 Å². The SMILES string of the molecule is CCCCCCCCC(c1ccc(CCCCCCCCCCCCCCc2ccc(C(CCCCCCCC)c3ccc(N)cc3C)cc2)cc1)c1ccc(N)cc1C. The standard InChI is InChI=1S/C58H88N2/c1-5-7-9-11-23-27-31-57(55-43-41-53(59)45-47(55)3)51-37-33-49(34-38-51)29-25-21-19-17-15-13-14-16-18-20-22-26-30-50-35-39-52(40-36-50)58(32-28-24-12-10-8-6-2)56-44-42-54(60)46-48(56)4/h33-46,57-58H,5-32,59-60H2,1-4H3. The molecule has 0 heterocycles. The van der Waals surface area contributed by atoms with Crippen LogP contribution >= 0.6 is 0 Å². The van der Waals surface area contributed by atoms with Gasteiger partial charge >= 0.3 is 0 Å². The van der Waals surface area contributed by atoms with Gasteiger partial charge in [-0.1, -0.05) is 216 Å². The molecule has 2 unspecified atom stereocenters.